The highest BCUT2D eigenvalue weighted by molar-refractivity contribution is 6.30. The second-order valence-electron chi connectivity index (χ2n) is 6.95. The van der Waals surface area contributed by atoms with E-state index < -0.39 is 0 Å². The molecule has 6 nitrogen and oxygen atoms in total. The maximum Gasteiger partial charge on any atom is 0.168 e. The Morgan fingerprint density at radius 2 is 1.88 bits per heavy atom. The number of tetrazole rings is 1. The minimum Gasteiger partial charge on any atom is -0.369 e. The summed E-state index contributed by atoms with van der Waals surface area (Å²) in [4.78, 5) is 4.93. The van der Waals surface area contributed by atoms with Gasteiger partial charge in [0.2, 0.25) is 0 Å². The second kappa shape index (κ2) is 7.70. The van der Waals surface area contributed by atoms with Crippen molar-refractivity contribution in [2.45, 2.75) is 46.2 Å². The number of hydrogen-bond acceptors (Lipinski definition) is 5. The topological polar surface area (TPSA) is 50.1 Å². The number of anilines is 1. The molecule has 0 spiro atoms. The van der Waals surface area contributed by atoms with Crippen LogP contribution in [0.5, 0.6) is 0 Å². The van der Waals surface area contributed by atoms with E-state index >= 15 is 0 Å². The summed E-state index contributed by atoms with van der Waals surface area (Å²) >= 11 is 6.19. The first kappa shape index (κ1) is 18.1. The average Bonchev–Trinajstić information content (AvgIpc) is 3.08. The van der Waals surface area contributed by atoms with Crippen molar-refractivity contribution in [3.05, 3.63) is 34.6 Å². The molecule has 136 valence electrons. The van der Waals surface area contributed by atoms with Crippen LogP contribution in [0, 0.1) is 6.92 Å². The number of rotatable bonds is 5. The lowest BCUT2D eigenvalue weighted by Gasteiger charge is -2.40. The van der Waals surface area contributed by atoms with E-state index in [2.05, 4.69) is 65.2 Å². The molecule has 0 radical (unpaired) electrons. The molecule has 1 atom stereocenters. The van der Waals surface area contributed by atoms with Gasteiger partial charge in [-0.15, -0.1) is 5.10 Å². The fourth-order valence-electron chi connectivity index (χ4n) is 3.59. The minimum atomic E-state index is 0.264. The molecule has 0 saturated carbocycles. The quantitative estimate of drug-likeness (QED) is 0.814. The Morgan fingerprint density at radius 1 is 1.16 bits per heavy atom. The maximum absolute atomic E-state index is 6.19. The third kappa shape index (κ3) is 3.80. The van der Waals surface area contributed by atoms with Gasteiger partial charge in [0.1, 0.15) is 0 Å². The number of piperazine rings is 1. The second-order valence-corrected chi connectivity index (χ2v) is 7.39. The predicted molar refractivity (Wildman–Crippen MR) is 101 cm³/mol. The summed E-state index contributed by atoms with van der Waals surface area (Å²) in [6.07, 6.45) is 1.00. The van der Waals surface area contributed by atoms with Gasteiger partial charge in [0.15, 0.2) is 5.82 Å². The Bertz CT molecular complexity index is 705. The van der Waals surface area contributed by atoms with Crippen LogP contribution in [0.15, 0.2) is 18.2 Å². The van der Waals surface area contributed by atoms with E-state index in [0.717, 1.165) is 43.4 Å². The summed E-state index contributed by atoms with van der Waals surface area (Å²) < 4.78 is 1.95. The lowest BCUT2D eigenvalue weighted by atomic mass is 10.1. The molecule has 0 bridgehead atoms. The number of nitrogens with zero attached hydrogens (tertiary/aromatic N) is 6. The van der Waals surface area contributed by atoms with Gasteiger partial charge in [-0.1, -0.05) is 24.6 Å². The van der Waals surface area contributed by atoms with Crippen LogP contribution in [0.4, 0.5) is 5.69 Å². The first-order valence-electron chi connectivity index (χ1n) is 9.04. The number of hydrogen-bond donors (Lipinski definition) is 0. The molecule has 1 aliphatic heterocycles. The molecular weight excluding hydrogens is 336 g/mol. The van der Waals surface area contributed by atoms with Crippen molar-refractivity contribution in [1.29, 1.82) is 0 Å². The summed E-state index contributed by atoms with van der Waals surface area (Å²) in [7, 11) is 0. The maximum atomic E-state index is 6.19. The van der Waals surface area contributed by atoms with Gasteiger partial charge < -0.3 is 4.90 Å². The van der Waals surface area contributed by atoms with Crippen molar-refractivity contribution in [2.75, 3.05) is 31.1 Å². The van der Waals surface area contributed by atoms with Crippen LogP contribution in [0.25, 0.3) is 0 Å². The molecule has 1 aliphatic rings. The summed E-state index contributed by atoms with van der Waals surface area (Å²) in [6, 6.07) is 6.66. The van der Waals surface area contributed by atoms with Crippen molar-refractivity contribution in [1.82, 2.24) is 25.1 Å². The standard InChI is InChI=1S/C18H27ClN6/c1-5-16(18-20-21-22-25(18)13(2)3)23-8-10-24(11-9-23)17-12-15(19)7-6-14(17)4/h6-7,12-13,16H,5,8-11H2,1-4H3/t16-/m0/s1. The van der Waals surface area contributed by atoms with E-state index in [1.54, 1.807) is 0 Å². The SMILES string of the molecule is CC[C@@H](c1nnnn1C(C)C)N1CCN(c2cc(Cl)ccc2C)CC1. The van der Waals surface area contributed by atoms with Gasteiger partial charge in [0, 0.05) is 36.9 Å². The highest BCUT2D eigenvalue weighted by Gasteiger charge is 2.28. The normalized spacial score (nSPS) is 17.3. The third-order valence-electron chi connectivity index (χ3n) is 4.96. The Morgan fingerprint density at radius 3 is 2.52 bits per heavy atom. The highest BCUT2D eigenvalue weighted by Crippen LogP contribution is 2.29. The molecule has 1 fully saturated rings. The molecule has 0 amide bonds. The zero-order valence-electron chi connectivity index (χ0n) is 15.5. The lowest BCUT2D eigenvalue weighted by molar-refractivity contribution is 0.167. The lowest BCUT2D eigenvalue weighted by Crippen LogP contribution is -2.48. The van der Waals surface area contributed by atoms with E-state index in [-0.39, 0.29) is 12.1 Å². The molecule has 7 heteroatoms. The Labute approximate surface area is 154 Å². The molecule has 2 aromatic rings. The van der Waals surface area contributed by atoms with Crippen molar-refractivity contribution in [2.24, 2.45) is 0 Å². The molecule has 0 N–H and O–H groups in total. The molecule has 1 aromatic heterocycles. The third-order valence-corrected chi connectivity index (χ3v) is 5.19. The molecule has 2 heterocycles. The molecule has 0 aliphatic carbocycles. The van der Waals surface area contributed by atoms with Gasteiger partial charge in [-0.05, 0) is 55.3 Å². The zero-order valence-corrected chi connectivity index (χ0v) is 16.2. The Kier molecular flexibility index (Phi) is 5.59. The molecule has 25 heavy (non-hydrogen) atoms. The van der Waals surface area contributed by atoms with Crippen LogP contribution in [0.2, 0.25) is 5.02 Å². The van der Waals surface area contributed by atoms with Crippen LogP contribution >= 0.6 is 11.6 Å². The predicted octanol–water partition coefficient (Wildman–Crippen LogP) is 3.49. The van der Waals surface area contributed by atoms with E-state index in [1.807, 2.05) is 10.7 Å². The van der Waals surface area contributed by atoms with Gasteiger partial charge in [0.05, 0.1) is 12.1 Å². The van der Waals surface area contributed by atoms with Gasteiger partial charge in [-0.25, -0.2) is 4.68 Å². The van der Waals surface area contributed by atoms with Crippen molar-refractivity contribution in [3.63, 3.8) is 0 Å². The molecule has 0 unspecified atom stereocenters. The summed E-state index contributed by atoms with van der Waals surface area (Å²) in [5.41, 5.74) is 2.51. The summed E-state index contributed by atoms with van der Waals surface area (Å²) in [6.45, 7) is 12.5. The van der Waals surface area contributed by atoms with Crippen molar-refractivity contribution < 1.29 is 0 Å². The first-order valence-corrected chi connectivity index (χ1v) is 9.42. The molecule has 3 rings (SSSR count). The number of aromatic nitrogens is 4. The number of halogens is 1. The zero-order chi connectivity index (χ0) is 18.0. The van der Waals surface area contributed by atoms with Gasteiger partial charge in [-0.2, -0.15) is 0 Å². The van der Waals surface area contributed by atoms with Crippen molar-refractivity contribution >= 4 is 17.3 Å². The highest BCUT2D eigenvalue weighted by atomic mass is 35.5. The molecular formula is C18H27ClN6. The van der Waals surface area contributed by atoms with E-state index in [9.17, 15) is 0 Å². The number of benzene rings is 1. The van der Waals surface area contributed by atoms with Gasteiger partial charge in [0.25, 0.3) is 0 Å². The number of aryl methyl sites for hydroxylation is 1. The summed E-state index contributed by atoms with van der Waals surface area (Å²) in [5.74, 6) is 0.977. The van der Waals surface area contributed by atoms with E-state index in [4.69, 9.17) is 11.6 Å². The van der Waals surface area contributed by atoms with E-state index in [0.29, 0.717) is 0 Å². The fourth-order valence-corrected chi connectivity index (χ4v) is 3.76. The van der Waals surface area contributed by atoms with Crippen LogP contribution in [0.1, 0.15) is 50.7 Å². The molecule has 1 aromatic carbocycles. The van der Waals surface area contributed by atoms with Crippen LogP contribution in [0.3, 0.4) is 0 Å². The van der Waals surface area contributed by atoms with Crippen molar-refractivity contribution in [3.8, 4) is 0 Å². The van der Waals surface area contributed by atoms with Crippen LogP contribution in [-0.4, -0.2) is 51.3 Å². The minimum absolute atomic E-state index is 0.264. The van der Waals surface area contributed by atoms with Crippen LogP contribution < -0.4 is 4.90 Å². The van der Waals surface area contributed by atoms with E-state index in [1.165, 1.54) is 11.3 Å². The summed E-state index contributed by atoms with van der Waals surface area (Å²) in [5, 5.41) is 13.2. The Balaban J connectivity index is 1.72. The Hall–Kier alpha value is -1.66. The first-order chi connectivity index (χ1) is 12.0. The van der Waals surface area contributed by atoms with Crippen LogP contribution in [-0.2, 0) is 0 Å². The average molecular weight is 363 g/mol. The smallest absolute Gasteiger partial charge is 0.168 e. The fraction of sp³-hybridized carbons (Fsp3) is 0.611. The molecule has 1 saturated heterocycles. The van der Waals surface area contributed by atoms with Gasteiger partial charge in [-0.3, -0.25) is 4.90 Å². The largest absolute Gasteiger partial charge is 0.369 e. The van der Waals surface area contributed by atoms with Gasteiger partial charge >= 0.3 is 0 Å². The monoisotopic (exact) mass is 362 g/mol.